The summed E-state index contributed by atoms with van der Waals surface area (Å²) in [5, 5.41) is 4.20. The van der Waals surface area contributed by atoms with Gasteiger partial charge >= 0.3 is 0 Å². The first-order chi connectivity index (χ1) is 12.5. The first-order valence-electron chi connectivity index (χ1n) is 8.28. The van der Waals surface area contributed by atoms with Crippen LogP contribution in [-0.4, -0.2) is 20.7 Å². The molecule has 0 unspecified atom stereocenters. The number of hydrogen-bond acceptors (Lipinski definition) is 3. The molecule has 134 valence electrons. The molecule has 0 saturated heterocycles. The predicted molar refractivity (Wildman–Crippen MR) is 108 cm³/mol. The van der Waals surface area contributed by atoms with Gasteiger partial charge in [0, 0.05) is 28.8 Å². The molecular weight excluding hydrogens is 366 g/mol. The molecule has 1 N–H and O–H groups in total. The summed E-state index contributed by atoms with van der Waals surface area (Å²) in [6.45, 7) is 5.87. The Morgan fingerprint density at radius 3 is 2.46 bits per heavy atom. The fourth-order valence-electron chi connectivity index (χ4n) is 2.62. The van der Waals surface area contributed by atoms with Gasteiger partial charge < -0.3 is 5.32 Å². The molecule has 26 heavy (non-hydrogen) atoms. The molecule has 0 saturated carbocycles. The minimum Gasteiger partial charge on any atom is -0.325 e. The summed E-state index contributed by atoms with van der Waals surface area (Å²) in [6.07, 6.45) is 3.61. The number of amides is 1. The highest BCUT2D eigenvalue weighted by molar-refractivity contribution is 8.00. The highest BCUT2D eigenvalue weighted by Crippen LogP contribution is 2.27. The summed E-state index contributed by atoms with van der Waals surface area (Å²) in [7, 11) is 0. The van der Waals surface area contributed by atoms with Crippen molar-refractivity contribution in [1.82, 2.24) is 9.55 Å². The van der Waals surface area contributed by atoms with Gasteiger partial charge in [0.05, 0.1) is 5.25 Å². The Hall–Kier alpha value is -2.24. The first kappa shape index (κ1) is 18.5. The summed E-state index contributed by atoms with van der Waals surface area (Å²) in [5.41, 5.74) is 3.94. The van der Waals surface area contributed by atoms with Crippen molar-refractivity contribution in [3.63, 3.8) is 0 Å². The van der Waals surface area contributed by atoms with Crippen LogP contribution in [0.15, 0.2) is 60.0 Å². The lowest BCUT2D eigenvalue weighted by atomic mass is 10.1. The zero-order chi connectivity index (χ0) is 18.7. The molecule has 0 bridgehead atoms. The van der Waals surface area contributed by atoms with Gasteiger partial charge in [-0.15, -0.1) is 0 Å². The Morgan fingerprint density at radius 1 is 1.15 bits per heavy atom. The molecule has 0 aliphatic carbocycles. The van der Waals surface area contributed by atoms with Gasteiger partial charge in [0.2, 0.25) is 5.91 Å². The third kappa shape index (κ3) is 4.11. The number of thioether (sulfide) groups is 1. The number of imidazole rings is 1. The first-order valence-corrected chi connectivity index (χ1v) is 9.54. The van der Waals surface area contributed by atoms with E-state index < -0.39 is 0 Å². The summed E-state index contributed by atoms with van der Waals surface area (Å²) < 4.78 is 1.95. The molecule has 3 aromatic rings. The summed E-state index contributed by atoms with van der Waals surface area (Å²) >= 11 is 7.38. The number of halogens is 1. The fourth-order valence-corrected chi connectivity index (χ4v) is 3.63. The molecule has 1 atom stereocenters. The molecule has 1 aromatic heterocycles. The number of rotatable bonds is 5. The van der Waals surface area contributed by atoms with E-state index in [0.29, 0.717) is 5.02 Å². The largest absolute Gasteiger partial charge is 0.325 e. The van der Waals surface area contributed by atoms with Gasteiger partial charge in [0.1, 0.15) is 0 Å². The monoisotopic (exact) mass is 385 g/mol. The molecule has 0 radical (unpaired) electrons. The Kier molecular flexibility index (Phi) is 5.69. The second-order valence-electron chi connectivity index (χ2n) is 6.07. The number of aromatic nitrogens is 2. The smallest absolute Gasteiger partial charge is 0.237 e. The van der Waals surface area contributed by atoms with Gasteiger partial charge in [-0.2, -0.15) is 0 Å². The number of para-hydroxylation sites is 1. The summed E-state index contributed by atoms with van der Waals surface area (Å²) in [6, 6.07) is 13.5. The molecule has 1 heterocycles. The Morgan fingerprint density at radius 2 is 1.81 bits per heavy atom. The molecule has 1 amide bonds. The maximum Gasteiger partial charge on any atom is 0.237 e. The van der Waals surface area contributed by atoms with E-state index in [1.54, 1.807) is 6.20 Å². The lowest BCUT2D eigenvalue weighted by Crippen LogP contribution is -2.23. The number of anilines is 1. The van der Waals surface area contributed by atoms with Crippen molar-refractivity contribution in [1.29, 1.82) is 0 Å². The fraction of sp³-hybridized carbons (Fsp3) is 0.200. The summed E-state index contributed by atoms with van der Waals surface area (Å²) in [4.78, 5) is 17.0. The Balaban J connectivity index is 1.74. The van der Waals surface area contributed by atoms with Gasteiger partial charge in [-0.1, -0.05) is 41.6 Å². The van der Waals surface area contributed by atoms with E-state index in [1.807, 2.05) is 74.0 Å². The second-order valence-corrected chi connectivity index (χ2v) is 7.82. The zero-order valence-electron chi connectivity index (χ0n) is 14.9. The standard InChI is InChI=1S/C20H20ClN3OS/c1-13-5-4-6-14(2)18(13)23-19(25)15(3)26-20-22-11-12-24(20)17-9-7-16(21)8-10-17/h4-12,15H,1-3H3,(H,23,25)/t15-/m0/s1. The van der Waals surface area contributed by atoms with Crippen molar-refractivity contribution in [2.24, 2.45) is 0 Å². The van der Waals surface area contributed by atoms with Crippen molar-refractivity contribution in [3.05, 3.63) is 71.0 Å². The van der Waals surface area contributed by atoms with Crippen LogP contribution in [-0.2, 0) is 4.79 Å². The maximum absolute atomic E-state index is 12.6. The number of carbonyl (C=O) groups is 1. The van der Waals surface area contributed by atoms with Crippen molar-refractivity contribution in [2.45, 2.75) is 31.2 Å². The van der Waals surface area contributed by atoms with Gasteiger partial charge in [-0.25, -0.2) is 4.98 Å². The van der Waals surface area contributed by atoms with Crippen LogP contribution in [0.1, 0.15) is 18.1 Å². The number of benzene rings is 2. The van der Waals surface area contributed by atoms with Crippen molar-refractivity contribution in [2.75, 3.05) is 5.32 Å². The summed E-state index contributed by atoms with van der Waals surface area (Å²) in [5.74, 6) is -0.0435. The van der Waals surface area contributed by atoms with E-state index >= 15 is 0 Å². The molecule has 0 aliphatic rings. The second kappa shape index (κ2) is 7.98. The number of carbonyl (C=O) groups excluding carboxylic acids is 1. The van der Waals surface area contributed by atoms with E-state index in [1.165, 1.54) is 11.8 Å². The molecule has 0 spiro atoms. The van der Waals surface area contributed by atoms with Crippen LogP contribution in [0, 0.1) is 13.8 Å². The molecule has 6 heteroatoms. The third-order valence-electron chi connectivity index (χ3n) is 4.09. The average Bonchev–Trinajstić information content (AvgIpc) is 3.07. The van der Waals surface area contributed by atoms with E-state index in [4.69, 9.17) is 11.6 Å². The normalized spacial score (nSPS) is 12.0. The van der Waals surface area contributed by atoms with E-state index in [9.17, 15) is 4.79 Å². The molecule has 0 fully saturated rings. The maximum atomic E-state index is 12.6. The average molecular weight is 386 g/mol. The Bertz CT molecular complexity index is 901. The van der Waals surface area contributed by atoms with Crippen LogP contribution in [0.5, 0.6) is 0 Å². The zero-order valence-corrected chi connectivity index (χ0v) is 16.4. The van der Waals surface area contributed by atoms with Crippen LogP contribution in [0.2, 0.25) is 5.02 Å². The minimum atomic E-state index is -0.289. The molecule has 4 nitrogen and oxygen atoms in total. The van der Waals surface area contributed by atoms with E-state index in [2.05, 4.69) is 10.3 Å². The molecular formula is C20H20ClN3OS. The quantitative estimate of drug-likeness (QED) is 0.609. The molecule has 2 aromatic carbocycles. The lowest BCUT2D eigenvalue weighted by Gasteiger charge is -2.16. The Labute approximate surface area is 162 Å². The highest BCUT2D eigenvalue weighted by atomic mass is 35.5. The minimum absolute atomic E-state index is 0.0435. The number of nitrogens with zero attached hydrogens (tertiary/aromatic N) is 2. The predicted octanol–water partition coefficient (Wildman–Crippen LogP) is 5.26. The van der Waals surface area contributed by atoms with Crippen LogP contribution < -0.4 is 5.32 Å². The highest BCUT2D eigenvalue weighted by Gasteiger charge is 2.19. The number of nitrogens with one attached hydrogen (secondary N) is 1. The topological polar surface area (TPSA) is 46.9 Å². The van der Waals surface area contributed by atoms with Gasteiger partial charge in [-0.05, 0) is 56.2 Å². The van der Waals surface area contributed by atoms with E-state index in [-0.39, 0.29) is 11.2 Å². The SMILES string of the molecule is Cc1cccc(C)c1NC(=O)[C@H](C)Sc1nccn1-c1ccc(Cl)cc1. The van der Waals surface area contributed by atoms with Gasteiger partial charge in [0.25, 0.3) is 0 Å². The van der Waals surface area contributed by atoms with E-state index in [0.717, 1.165) is 27.7 Å². The third-order valence-corrected chi connectivity index (χ3v) is 5.42. The van der Waals surface area contributed by atoms with Crippen molar-refractivity contribution in [3.8, 4) is 5.69 Å². The number of hydrogen-bond donors (Lipinski definition) is 1. The van der Waals surface area contributed by atoms with Crippen molar-refractivity contribution < 1.29 is 4.79 Å². The van der Waals surface area contributed by atoms with Crippen molar-refractivity contribution >= 4 is 35.0 Å². The van der Waals surface area contributed by atoms with Crippen LogP contribution in [0.25, 0.3) is 5.69 Å². The van der Waals surface area contributed by atoms with Crippen LogP contribution in [0.3, 0.4) is 0 Å². The number of aryl methyl sites for hydroxylation is 2. The van der Waals surface area contributed by atoms with Crippen LogP contribution >= 0.6 is 23.4 Å². The lowest BCUT2D eigenvalue weighted by molar-refractivity contribution is -0.115. The van der Waals surface area contributed by atoms with Gasteiger partial charge in [-0.3, -0.25) is 9.36 Å². The molecule has 0 aliphatic heterocycles. The molecule has 3 rings (SSSR count). The van der Waals surface area contributed by atoms with Gasteiger partial charge in [0.15, 0.2) is 5.16 Å². The van der Waals surface area contributed by atoms with Crippen LogP contribution in [0.4, 0.5) is 5.69 Å².